The molecule has 0 saturated carbocycles. The smallest absolute Gasteiger partial charge is 0.284 e. The Morgan fingerprint density at radius 3 is 2.19 bits per heavy atom. The molecule has 0 fully saturated rings. The van der Waals surface area contributed by atoms with Gasteiger partial charge in [0.05, 0.1) is 17.6 Å². The lowest BCUT2D eigenvalue weighted by Gasteiger charge is -2.09. The van der Waals surface area contributed by atoms with Crippen molar-refractivity contribution in [2.24, 2.45) is 0 Å². The predicted molar refractivity (Wildman–Crippen MR) is 107 cm³/mol. The second-order valence-corrected chi connectivity index (χ2v) is 4.72. The van der Waals surface area contributed by atoms with Crippen molar-refractivity contribution in [1.29, 1.82) is 0 Å². The Bertz CT molecular complexity index is 729. The molecule has 0 saturated heterocycles. The highest BCUT2D eigenvalue weighted by atomic mass is 32.1. The summed E-state index contributed by atoms with van der Waals surface area (Å²) in [5.74, 6) is -0.815. The summed E-state index contributed by atoms with van der Waals surface area (Å²) in [7, 11) is 0. The molecule has 2 rings (SSSR count). The van der Waals surface area contributed by atoms with E-state index in [1.54, 1.807) is 37.4 Å². The standard InChI is InChI=1S/C16H15NO5.C2H6.CH4S/c1-3-22-15-8-12(13(17(20)21)9-14(15)18)16(19)11-6-4-10(2)5-7-11;2*1-2/h4-9,18H,3H2,1-2H3;1-2H3;2H,1H3. The number of aryl methyl sites for hydroxylation is 1. The van der Waals surface area contributed by atoms with Gasteiger partial charge in [-0.2, -0.15) is 12.6 Å². The van der Waals surface area contributed by atoms with Gasteiger partial charge in [0.1, 0.15) is 5.56 Å². The summed E-state index contributed by atoms with van der Waals surface area (Å²) in [6, 6.07) is 8.86. The zero-order chi connectivity index (χ0) is 20.3. The van der Waals surface area contributed by atoms with Gasteiger partial charge in [-0.3, -0.25) is 14.9 Å². The summed E-state index contributed by atoms with van der Waals surface area (Å²) < 4.78 is 5.19. The van der Waals surface area contributed by atoms with E-state index >= 15 is 0 Å². The fourth-order valence-electron chi connectivity index (χ4n) is 2.02. The molecule has 2 aromatic carbocycles. The van der Waals surface area contributed by atoms with Gasteiger partial charge in [0, 0.05) is 11.6 Å². The van der Waals surface area contributed by atoms with Crippen LogP contribution in [0.3, 0.4) is 0 Å². The van der Waals surface area contributed by atoms with Gasteiger partial charge in [0.25, 0.3) is 5.69 Å². The van der Waals surface area contributed by atoms with Gasteiger partial charge < -0.3 is 9.84 Å². The first-order chi connectivity index (χ1) is 12.4. The Hall–Kier alpha value is -2.54. The maximum absolute atomic E-state index is 12.5. The van der Waals surface area contributed by atoms with Gasteiger partial charge in [0.2, 0.25) is 0 Å². The lowest BCUT2D eigenvalue weighted by atomic mass is 10.00. The maximum atomic E-state index is 12.5. The molecule has 0 radical (unpaired) electrons. The van der Waals surface area contributed by atoms with Crippen LogP contribution in [0.2, 0.25) is 0 Å². The molecule has 1 N–H and O–H groups in total. The fraction of sp³-hybridized carbons (Fsp3) is 0.316. The molecule has 2 aromatic rings. The molecule has 0 unspecified atom stereocenters. The fourth-order valence-corrected chi connectivity index (χ4v) is 2.02. The first-order valence-corrected chi connectivity index (χ1v) is 9.03. The highest BCUT2D eigenvalue weighted by Crippen LogP contribution is 2.35. The van der Waals surface area contributed by atoms with E-state index in [9.17, 15) is 20.0 Å². The molecule has 0 aromatic heterocycles. The second-order valence-electron chi connectivity index (χ2n) is 4.72. The first kappa shape index (κ1) is 23.5. The van der Waals surface area contributed by atoms with Gasteiger partial charge in [-0.15, -0.1) is 0 Å². The molecule has 7 heteroatoms. The molecule has 6 nitrogen and oxygen atoms in total. The number of phenols is 1. The van der Waals surface area contributed by atoms with Crippen molar-refractivity contribution in [3.05, 3.63) is 63.2 Å². The molecule has 0 spiro atoms. The maximum Gasteiger partial charge on any atom is 0.284 e. The molecule has 0 aliphatic rings. The number of benzene rings is 2. The molecule has 0 heterocycles. The van der Waals surface area contributed by atoms with Gasteiger partial charge in [0.15, 0.2) is 17.3 Å². The van der Waals surface area contributed by atoms with Gasteiger partial charge in [-0.1, -0.05) is 43.7 Å². The summed E-state index contributed by atoms with van der Waals surface area (Å²) in [5, 5.41) is 20.9. The quantitative estimate of drug-likeness (QED) is 0.337. The topological polar surface area (TPSA) is 89.7 Å². The molecule has 142 valence electrons. The van der Waals surface area contributed by atoms with Crippen molar-refractivity contribution in [3.8, 4) is 11.5 Å². The number of ether oxygens (including phenoxy) is 1. The van der Waals surface area contributed by atoms with Crippen molar-refractivity contribution in [3.63, 3.8) is 0 Å². The van der Waals surface area contributed by atoms with Gasteiger partial charge >= 0.3 is 0 Å². The number of ketones is 1. The number of hydrogen-bond acceptors (Lipinski definition) is 6. The van der Waals surface area contributed by atoms with E-state index in [0.29, 0.717) is 5.56 Å². The third-order valence-corrected chi connectivity index (χ3v) is 3.13. The molecule has 0 amide bonds. The lowest BCUT2D eigenvalue weighted by molar-refractivity contribution is -0.385. The Kier molecular flexibility index (Phi) is 10.8. The van der Waals surface area contributed by atoms with E-state index in [-0.39, 0.29) is 23.7 Å². The number of nitro benzene ring substituents is 1. The van der Waals surface area contributed by atoms with Crippen molar-refractivity contribution in [2.45, 2.75) is 27.7 Å². The van der Waals surface area contributed by atoms with Crippen LogP contribution in [0.4, 0.5) is 5.69 Å². The van der Waals surface area contributed by atoms with Crippen molar-refractivity contribution < 1.29 is 19.6 Å². The van der Waals surface area contributed by atoms with Crippen LogP contribution < -0.4 is 4.74 Å². The number of phenolic OH excluding ortho intramolecular Hbond substituents is 1. The number of rotatable bonds is 5. The minimum absolute atomic E-state index is 0.0450. The number of nitrogens with zero attached hydrogens (tertiary/aromatic N) is 1. The van der Waals surface area contributed by atoms with Crippen LogP contribution in [0.5, 0.6) is 11.5 Å². The number of carbonyl (C=O) groups excluding carboxylic acids is 1. The Morgan fingerprint density at radius 2 is 1.73 bits per heavy atom. The zero-order valence-electron chi connectivity index (χ0n) is 15.6. The normalized spacial score (nSPS) is 9.15. The number of aromatic hydroxyl groups is 1. The minimum Gasteiger partial charge on any atom is -0.504 e. The molecular formula is C19H25NO5S. The third kappa shape index (κ3) is 6.07. The molecular weight excluding hydrogens is 354 g/mol. The number of nitro groups is 1. The van der Waals surface area contributed by atoms with Crippen LogP contribution in [0.15, 0.2) is 36.4 Å². The molecule has 0 aliphatic carbocycles. The monoisotopic (exact) mass is 379 g/mol. The zero-order valence-corrected chi connectivity index (χ0v) is 16.5. The molecule has 0 atom stereocenters. The molecule has 0 bridgehead atoms. The van der Waals surface area contributed by atoms with Crippen molar-refractivity contribution >= 4 is 24.1 Å². The van der Waals surface area contributed by atoms with E-state index in [0.717, 1.165) is 11.6 Å². The van der Waals surface area contributed by atoms with E-state index < -0.39 is 16.4 Å². The second kappa shape index (κ2) is 11.9. The largest absolute Gasteiger partial charge is 0.504 e. The minimum atomic E-state index is -0.698. The van der Waals surface area contributed by atoms with Gasteiger partial charge in [-0.05, 0) is 20.1 Å². The average Bonchev–Trinajstić information content (AvgIpc) is 2.66. The Balaban J connectivity index is 0.00000146. The van der Waals surface area contributed by atoms with Crippen LogP contribution in [0.25, 0.3) is 0 Å². The predicted octanol–water partition coefficient (Wildman–Crippen LogP) is 4.81. The van der Waals surface area contributed by atoms with Crippen LogP contribution >= 0.6 is 12.6 Å². The molecule has 0 aliphatic heterocycles. The number of carbonyl (C=O) groups is 1. The van der Waals surface area contributed by atoms with Crippen LogP contribution in [0.1, 0.15) is 42.3 Å². The summed E-state index contributed by atoms with van der Waals surface area (Å²) in [6.07, 6.45) is 1.69. The van der Waals surface area contributed by atoms with E-state index in [1.807, 2.05) is 20.8 Å². The molecule has 26 heavy (non-hydrogen) atoms. The number of hydrogen-bond donors (Lipinski definition) is 2. The highest BCUT2D eigenvalue weighted by molar-refractivity contribution is 7.79. The summed E-state index contributed by atoms with van der Waals surface area (Å²) in [5.41, 5.74) is 0.746. The third-order valence-electron chi connectivity index (χ3n) is 3.13. The van der Waals surface area contributed by atoms with E-state index in [2.05, 4.69) is 12.6 Å². The van der Waals surface area contributed by atoms with Crippen LogP contribution in [-0.4, -0.2) is 28.7 Å². The van der Waals surface area contributed by atoms with Crippen LogP contribution in [-0.2, 0) is 0 Å². The van der Waals surface area contributed by atoms with Crippen molar-refractivity contribution in [1.82, 2.24) is 0 Å². The highest BCUT2D eigenvalue weighted by Gasteiger charge is 2.24. The first-order valence-electron chi connectivity index (χ1n) is 8.14. The summed E-state index contributed by atoms with van der Waals surface area (Å²) in [4.78, 5) is 22.9. The summed E-state index contributed by atoms with van der Waals surface area (Å²) in [6.45, 7) is 7.86. The van der Waals surface area contributed by atoms with Gasteiger partial charge in [-0.25, -0.2) is 0 Å². The Morgan fingerprint density at radius 1 is 1.19 bits per heavy atom. The van der Waals surface area contributed by atoms with E-state index in [4.69, 9.17) is 4.74 Å². The SMILES string of the molecule is CC.CCOc1cc(C(=O)c2ccc(C)cc2)c([N+](=O)[O-])cc1O.CS. The van der Waals surface area contributed by atoms with Crippen LogP contribution in [0, 0.1) is 17.0 Å². The average molecular weight is 379 g/mol. The van der Waals surface area contributed by atoms with Crippen molar-refractivity contribution in [2.75, 3.05) is 12.9 Å². The lowest BCUT2D eigenvalue weighted by Crippen LogP contribution is -2.06. The number of thiol groups is 1. The Labute approximate surface area is 159 Å². The van der Waals surface area contributed by atoms with E-state index in [1.165, 1.54) is 6.07 Å². The summed E-state index contributed by atoms with van der Waals surface area (Å²) >= 11 is 3.53.